The number of fused-ring (bicyclic) bond motifs is 2. The molecule has 37 heavy (non-hydrogen) atoms. The average molecular weight is 504 g/mol. The van der Waals surface area contributed by atoms with Crippen molar-refractivity contribution in [2.24, 2.45) is 5.92 Å². The van der Waals surface area contributed by atoms with Gasteiger partial charge in [-0.15, -0.1) is 6.58 Å². The number of piperidine rings is 1. The Hall–Kier alpha value is -2.37. The molecule has 0 saturated carbocycles. The Morgan fingerprint density at radius 3 is 2.62 bits per heavy atom. The van der Waals surface area contributed by atoms with Crippen LogP contribution < -0.4 is 4.74 Å². The van der Waals surface area contributed by atoms with Gasteiger partial charge in [-0.05, 0) is 61.8 Å². The molecule has 1 aromatic carbocycles. The van der Waals surface area contributed by atoms with Crippen molar-refractivity contribution in [2.45, 2.75) is 75.9 Å². The molecule has 1 amide bonds. The number of rotatable bonds is 7. The van der Waals surface area contributed by atoms with Crippen molar-refractivity contribution < 1.29 is 9.53 Å². The van der Waals surface area contributed by atoms with Gasteiger partial charge in [-0.1, -0.05) is 55.7 Å². The van der Waals surface area contributed by atoms with Crippen LogP contribution in [0, 0.1) is 5.92 Å². The van der Waals surface area contributed by atoms with E-state index in [4.69, 9.17) is 4.74 Å². The number of likely N-dealkylation sites (tertiary alicyclic amines) is 1. The number of carbonyl (C=O) groups excluding carboxylic acids is 1. The minimum atomic E-state index is -0.0282. The van der Waals surface area contributed by atoms with E-state index in [-0.39, 0.29) is 12.0 Å². The predicted octanol–water partition coefficient (Wildman–Crippen LogP) is 5.76. The van der Waals surface area contributed by atoms with Gasteiger partial charge in [-0.25, -0.2) is 0 Å². The number of methoxy groups -OCH3 is 1. The fraction of sp³-hybridized carbons (Fsp3) is 0.594. The quantitative estimate of drug-likeness (QED) is 0.444. The number of benzene rings is 1. The lowest BCUT2D eigenvalue weighted by atomic mass is 9.84. The summed E-state index contributed by atoms with van der Waals surface area (Å²) in [7, 11) is 1.75. The SMILES string of the molecule is C=CCN1CCC2CCCC(C1)N2C(C1=CCC(C(=O)N2CCCCCC2)C=C1)c1cccc(OC)c1. The second-order valence-electron chi connectivity index (χ2n) is 11.3. The normalized spacial score (nSPS) is 28.1. The number of allylic oxidation sites excluding steroid dienone is 1. The molecule has 0 aromatic heterocycles. The summed E-state index contributed by atoms with van der Waals surface area (Å²) in [5.74, 6) is 1.20. The summed E-state index contributed by atoms with van der Waals surface area (Å²) < 4.78 is 5.65. The lowest BCUT2D eigenvalue weighted by Crippen LogP contribution is -2.50. The Bertz CT molecular complexity index is 994. The molecule has 3 saturated heterocycles. The number of ether oxygens (including phenoxy) is 1. The van der Waals surface area contributed by atoms with Gasteiger partial charge in [0.2, 0.25) is 5.91 Å². The van der Waals surface area contributed by atoms with Crippen LogP contribution in [0.2, 0.25) is 0 Å². The van der Waals surface area contributed by atoms with E-state index in [9.17, 15) is 4.79 Å². The molecule has 3 fully saturated rings. The van der Waals surface area contributed by atoms with Crippen molar-refractivity contribution in [2.75, 3.05) is 39.8 Å². The van der Waals surface area contributed by atoms with Gasteiger partial charge in [0, 0.05) is 44.8 Å². The number of carbonyl (C=O) groups is 1. The van der Waals surface area contributed by atoms with E-state index >= 15 is 0 Å². The molecule has 4 atom stereocenters. The molecular weight excluding hydrogens is 458 g/mol. The number of amides is 1. The molecule has 2 bridgehead atoms. The topological polar surface area (TPSA) is 36.0 Å². The maximum atomic E-state index is 13.3. The van der Waals surface area contributed by atoms with Crippen LogP contribution in [0.5, 0.6) is 5.75 Å². The van der Waals surface area contributed by atoms with E-state index in [1.807, 2.05) is 12.1 Å². The highest BCUT2D eigenvalue weighted by atomic mass is 16.5. The Labute approximate surface area is 223 Å². The molecule has 0 spiro atoms. The maximum absolute atomic E-state index is 13.3. The zero-order valence-corrected chi connectivity index (χ0v) is 22.7. The number of nitrogens with zero attached hydrogens (tertiary/aromatic N) is 3. The number of hydrogen-bond donors (Lipinski definition) is 0. The highest BCUT2D eigenvalue weighted by Gasteiger charge is 2.40. The van der Waals surface area contributed by atoms with E-state index in [0.29, 0.717) is 18.0 Å². The van der Waals surface area contributed by atoms with Gasteiger partial charge < -0.3 is 9.64 Å². The third-order valence-corrected chi connectivity index (χ3v) is 8.94. The van der Waals surface area contributed by atoms with E-state index < -0.39 is 0 Å². The first-order valence-corrected chi connectivity index (χ1v) is 14.6. The lowest BCUT2D eigenvalue weighted by Gasteiger charge is -2.46. The van der Waals surface area contributed by atoms with Gasteiger partial charge in [0.1, 0.15) is 5.75 Å². The molecule has 200 valence electrons. The molecule has 0 radical (unpaired) electrons. The standard InChI is InChI=1S/C32H45N3O2/c1-3-19-33-22-18-28-11-9-12-29(24-33)35(28)31(27-10-8-13-30(23-27)37-2)25-14-16-26(17-15-25)32(36)34-20-6-4-5-7-21-34/h3,8,10,13-16,23,26,28-29,31H,1,4-7,9,11-12,17-22,24H2,2H3. The van der Waals surface area contributed by atoms with Crippen molar-refractivity contribution in [3.05, 3.63) is 66.3 Å². The van der Waals surface area contributed by atoms with Gasteiger partial charge >= 0.3 is 0 Å². The Balaban J connectivity index is 1.43. The molecule has 3 heterocycles. The Morgan fingerprint density at radius 1 is 1.08 bits per heavy atom. The molecule has 5 heteroatoms. The summed E-state index contributed by atoms with van der Waals surface area (Å²) in [5.41, 5.74) is 2.63. The largest absolute Gasteiger partial charge is 0.497 e. The van der Waals surface area contributed by atoms with Crippen LogP contribution in [0.25, 0.3) is 0 Å². The van der Waals surface area contributed by atoms with Gasteiger partial charge in [0.15, 0.2) is 0 Å². The van der Waals surface area contributed by atoms with Gasteiger partial charge in [0.05, 0.1) is 19.1 Å². The maximum Gasteiger partial charge on any atom is 0.229 e. The van der Waals surface area contributed by atoms with Crippen LogP contribution in [-0.4, -0.2) is 72.5 Å². The summed E-state index contributed by atoms with van der Waals surface area (Å²) in [6, 6.07) is 9.90. The first-order chi connectivity index (χ1) is 18.2. The van der Waals surface area contributed by atoms with Crippen LogP contribution in [0.15, 0.2) is 60.7 Å². The van der Waals surface area contributed by atoms with Crippen LogP contribution >= 0.6 is 0 Å². The lowest BCUT2D eigenvalue weighted by molar-refractivity contribution is -0.133. The third-order valence-electron chi connectivity index (χ3n) is 8.94. The first-order valence-electron chi connectivity index (χ1n) is 14.6. The van der Waals surface area contributed by atoms with Crippen LogP contribution in [0.3, 0.4) is 0 Å². The predicted molar refractivity (Wildman–Crippen MR) is 151 cm³/mol. The summed E-state index contributed by atoms with van der Waals surface area (Å²) in [5, 5.41) is 0. The molecule has 1 aromatic rings. The monoisotopic (exact) mass is 503 g/mol. The van der Waals surface area contributed by atoms with Crippen molar-refractivity contribution in [1.82, 2.24) is 14.7 Å². The Kier molecular flexibility index (Phi) is 8.83. The molecule has 4 unspecified atom stereocenters. The van der Waals surface area contributed by atoms with Crippen molar-refractivity contribution in [3.63, 3.8) is 0 Å². The molecule has 1 aliphatic carbocycles. The zero-order chi connectivity index (χ0) is 25.6. The highest BCUT2D eigenvalue weighted by Crippen LogP contribution is 2.42. The second kappa shape index (κ2) is 12.4. The van der Waals surface area contributed by atoms with Gasteiger partial charge in [-0.3, -0.25) is 14.6 Å². The summed E-state index contributed by atoms with van der Waals surface area (Å²) in [6.45, 7) is 9.04. The fourth-order valence-corrected chi connectivity index (χ4v) is 7.05. The molecule has 0 N–H and O–H groups in total. The van der Waals surface area contributed by atoms with E-state index in [2.05, 4.69) is 57.7 Å². The van der Waals surface area contributed by atoms with Gasteiger partial charge in [-0.2, -0.15) is 0 Å². The number of hydrogen-bond acceptors (Lipinski definition) is 4. The smallest absolute Gasteiger partial charge is 0.229 e. The van der Waals surface area contributed by atoms with Crippen LogP contribution in [0.4, 0.5) is 0 Å². The van der Waals surface area contributed by atoms with E-state index in [0.717, 1.165) is 57.7 Å². The third kappa shape index (κ3) is 6.04. The minimum absolute atomic E-state index is 0.0282. The fourth-order valence-electron chi connectivity index (χ4n) is 7.05. The van der Waals surface area contributed by atoms with Crippen LogP contribution in [-0.2, 0) is 4.79 Å². The summed E-state index contributed by atoms with van der Waals surface area (Å²) >= 11 is 0. The summed E-state index contributed by atoms with van der Waals surface area (Å²) in [4.78, 5) is 20.9. The summed E-state index contributed by atoms with van der Waals surface area (Å²) in [6.07, 6.45) is 19.5. The molecule has 4 aliphatic rings. The van der Waals surface area contributed by atoms with Crippen molar-refractivity contribution in [3.8, 4) is 5.75 Å². The van der Waals surface area contributed by atoms with Crippen molar-refractivity contribution in [1.29, 1.82) is 0 Å². The van der Waals surface area contributed by atoms with Gasteiger partial charge in [0.25, 0.3) is 0 Å². The molecule has 5 nitrogen and oxygen atoms in total. The average Bonchev–Trinajstić information content (AvgIpc) is 3.26. The Morgan fingerprint density at radius 2 is 1.89 bits per heavy atom. The van der Waals surface area contributed by atoms with Crippen molar-refractivity contribution >= 4 is 5.91 Å². The van der Waals surface area contributed by atoms with E-state index in [1.165, 1.54) is 49.7 Å². The zero-order valence-electron chi connectivity index (χ0n) is 22.7. The van der Waals surface area contributed by atoms with E-state index in [1.54, 1.807) is 7.11 Å². The molecule has 5 rings (SSSR count). The first kappa shape index (κ1) is 26.2. The second-order valence-corrected chi connectivity index (χ2v) is 11.3. The minimum Gasteiger partial charge on any atom is -0.497 e. The molecular formula is C32H45N3O2. The highest BCUT2D eigenvalue weighted by molar-refractivity contribution is 5.81. The molecule has 3 aliphatic heterocycles. The van der Waals surface area contributed by atoms with Crippen LogP contribution in [0.1, 0.15) is 69.4 Å².